The normalized spacial score (nSPS) is 11.0. The van der Waals surface area contributed by atoms with Crippen LogP contribution < -0.4 is 15.2 Å². The first kappa shape index (κ1) is 17.8. The van der Waals surface area contributed by atoms with Crippen LogP contribution in [0, 0.1) is 0 Å². The SMILES string of the molecule is COc1cc(/C=C/C(N)=O)cc(Cl)c1OCc1cccc2ccccc12. The molecule has 3 rings (SSSR count). The number of hydrogen-bond acceptors (Lipinski definition) is 3. The highest BCUT2D eigenvalue weighted by Crippen LogP contribution is 2.37. The molecule has 1 amide bonds. The Labute approximate surface area is 156 Å². The van der Waals surface area contributed by atoms with E-state index in [-0.39, 0.29) is 0 Å². The fourth-order valence-electron chi connectivity index (χ4n) is 2.72. The van der Waals surface area contributed by atoms with Gasteiger partial charge in [0.1, 0.15) is 6.61 Å². The van der Waals surface area contributed by atoms with Gasteiger partial charge in [0.15, 0.2) is 11.5 Å². The zero-order valence-corrected chi connectivity index (χ0v) is 15.0. The minimum Gasteiger partial charge on any atom is -0.493 e. The maximum absolute atomic E-state index is 10.9. The Morgan fingerprint density at radius 2 is 1.92 bits per heavy atom. The van der Waals surface area contributed by atoms with E-state index < -0.39 is 5.91 Å². The molecule has 2 N–H and O–H groups in total. The molecule has 3 aromatic rings. The van der Waals surface area contributed by atoms with E-state index >= 15 is 0 Å². The second-order valence-electron chi connectivity index (χ2n) is 5.70. The summed E-state index contributed by atoms with van der Waals surface area (Å²) >= 11 is 6.36. The number of nitrogens with two attached hydrogens (primary N) is 1. The first-order valence-corrected chi connectivity index (χ1v) is 8.41. The smallest absolute Gasteiger partial charge is 0.241 e. The van der Waals surface area contributed by atoms with E-state index in [1.165, 1.54) is 13.2 Å². The predicted octanol–water partition coefficient (Wildman–Crippen LogP) is 4.58. The van der Waals surface area contributed by atoms with Crippen LogP contribution in [0.5, 0.6) is 11.5 Å². The Morgan fingerprint density at radius 3 is 2.69 bits per heavy atom. The van der Waals surface area contributed by atoms with Gasteiger partial charge in [-0.1, -0.05) is 54.1 Å². The summed E-state index contributed by atoms with van der Waals surface area (Å²) in [6.45, 7) is 0.355. The minimum absolute atomic E-state index is 0.355. The number of hydrogen-bond donors (Lipinski definition) is 1. The molecule has 3 aromatic carbocycles. The van der Waals surface area contributed by atoms with Crippen LogP contribution in [0.2, 0.25) is 5.02 Å². The number of fused-ring (bicyclic) bond motifs is 1. The van der Waals surface area contributed by atoms with Crippen molar-refractivity contribution < 1.29 is 14.3 Å². The van der Waals surface area contributed by atoms with Crippen LogP contribution >= 0.6 is 11.6 Å². The van der Waals surface area contributed by atoms with Crippen LogP contribution in [-0.2, 0) is 11.4 Å². The number of primary amides is 1. The Hall–Kier alpha value is -2.98. The number of ether oxygens (including phenoxy) is 2. The molecular formula is C21H18ClNO3. The van der Waals surface area contributed by atoms with E-state index in [0.717, 1.165) is 16.3 Å². The Morgan fingerprint density at radius 1 is 1.15 bits per heavy atom. The summed E-state index contributed by atoms with van der Waals surface area (Å²) in [7, 11) is 1.54. The van der Waals surface area contributed by atoms with E-state index in [1.807, 2.05) is 24.3 Å². The summed E-state index contributed by atoms with van der Waals surface area (Å²) in [5, 5.41) is 2.68. The Kier molecular flexibility index (Phi) is 5.44. The van der Waals surface area contributed by atoms with Gasteiger partial charge < -0.3 is 15.2 Å². The van der Waals surface area contributed by atoms with E-state index in [4.69, 9.17) is 26.8 Å². The highest BCUT2D eigenvalue weighted by atomic mass is 35.5. The standard InChI is InChI=1S/C21H18ClNO3/c1-25-19-12-14(9-10-20(23)24)11-18(22)21(19)26-13-16-7-4-6-15-5-2-3-8-17(15)16/h2-12H,13H2,1H3,(H2,23,24)/b10-9+. The van der Waals surface area contributed by atoms with Crippen molar-refractivity contribution >= 4 is 34.4 Å². The minimum atomic E-state index is -0.531. The van der Waals surface area contributed by atoms with E-state index in [1.54, 1.807) is 18.2 Å². The van der Waals surface area contributed by atoms with Crippen LogP contribution in [0.4, 0.5) is 0 Å². The average Bonchev–Trinajstić information content (AvgIpc) is 2.65. The topological polar surface area (TPSA) is 61.5 Å². The molecule has 0 heterocycles. The quantitative estimate of drug-likeness (QED) is 0.649. The second kappa shape index (κ2) is 7.93. The number of carbonyl (C=O) groups is 1. The fraction of sp³-hybridized carbons (Fsp3) is 0.0952. The van der Waals surface area contributed by atoms with Gasteiger partial charge in [0, 0.05) is 6.08 Å². The van der Waals surface area contributed by atoms with Gasteiger partial charge in [0.25, 0.3) is 0 Å². The molecule has 0 fully saturated rings. The van der Waals surface area contributed by atoms with Crippen molar-refractivity contribution in [2.24, 2.45) is 5.73 Å². The highest BCUT2D eigenvalue weighted by molar-refractivity contribution is 6.32. The lowest BCUT2D eigenvalue weighted by Crippen LogP contribution is -2.05. The molecule has 0 aliphatic carbocycles. The van der Waals surface area contributed by atoms with Gasteiger partial charge in [-0.25, -0.2) is 0 Å². The van der Waals surface area contributed by atoms with Crippen molar-refractivity contribution in [3.05, 3.63) is 76.8 Å². The summed E-state index contributed by atoms with van der Waals surface area (Å²) in [6, 6.07) is 17.6. The molecule has 0 aliphatic heterocycles. The molecule has 132 valence electrons. The predicted molar refractivity (Wildman–Crippen MR) is 105 cm³/mol. The van der Waals surface area contributed by atoms with E-state index in [0.29, 0.717) is 28.7 Å². The molecule has 26 heavy (non-hydrogen) atoms. The molecule has 0 saturated carbocycles. The molecule has 0 spiro atoms. The molecule has 5 heteroatoms. The summed E-state index contributed by atoms with van der Waals surface area (Å²) in [5.41, 5.74) is 6.87. The number of amides is 1. The first-order chi connectivity index (χ1) is 12.6. The summed E-state index contributed by atoms with van der Waals surface area (Å²) in [4.78, 5) is 10.9. The molecule has 0 bridgehead atoms. The van der Waals surface area contributed by atoms with Crippen molar-refractivity contribution in [2.75, 3.05) is 7.11 Å². The molecule has 0 aliphatic rings. The molecule has 0 atom stereocenters. The lowest BCUT2D eigenvalue weighted by molar-refractivity contribution is -0.113. The van der Waals surface area contributed by atoms with Crippen LogP contribution in [0.1, 0.15) is 11.1 Å². The zero-order valence-electron chi connectivity index (χ0n) is 14.2. The molecule has 0 radical (unpaired) electrons. The van der Waals surface area contributed by atoms with Gasteiger partial charge in [-0.3, -0.25) is 4.79 Å². The molecular weight excluding hydrogens is 350 g/mol. The Bertz CT molecular complexity index is 977. The van der Waals surface area contributed by atoms with Gasteiger partial charge >= 0.3 is 0 Å². The van der Waals surface area contributed by atoms with Crippen LogP contribution in [-0.4, -0.2) is 13.0 Å². The van der Waals surface area contributed by atoms with E-state index in [2.05, 4.69) is 18.2 Å². The number of benzene rings is 3. The van der Waals surface area contributed by atoms with E-state index in [9.17, 15) is 4.79 Å². The van der Waals surface area contributed by atoms with Crippen molar-refractivity contribution in [1.29, 1.82) is 0 Å². The molecule has 0 unspecified atom stereocenters. The third kappa shape index (κ3) is 3.98. The van der Waals surface area contributed by atoms with Crippen molar-refractivity contribution in [3.63, 3.8) is 0 Å². The lowest BCUT2D eigenvalue weighted by Gasteiger charge is -2.14. The monoisotopic (exact) mass is 367 g/mol. The highest BCUT2D eigenvalue weighted by Gasteiger charge is 2.12. The second-order valence-corrected chi connectivity index (χ2v) is 6.10. The fourth-order valence-corrected chi connectivity index (χ4v) is 3.00. The zero-order chi connectivity index (χ0) is 18.5. The van der Waals surface area contributed by atoms with Crippen molar-refractivity contribution in [3.8, 4) is 11.5 Å². The largest absolute Gasteiger partial charge is 0.493 e. The van der Waals surface area contributed by atoms with Gasteiger partial charge in [0.2, 0.25) is 5.91 Å². The maximum atomic E-state index is 10.9. The van der Waals surface area contributed by atoms with Gasteiger partial charge in [-0.2, -0.15) is 0 Å². The molecule has 0 aromatic heterocycles. The van der Waals surface area contributed by atoms with Gasteiger partial charge in [-0.05, 0) is 40.1 Å². The van der Waals surface area contributed by atoms with Crippen LogP contribution in [0.15, 0.2) is 60.7 Å². The number of methoxy groups -OCH3 is 1. The first-order valence-electron chi connectivity index (χ1n) is 8.03. The summed E-state index contributed by atoms with van der Waals surface area (Å²) in [5.74, 6) is 0.413. The molecule has 4 nitrogen and oxygen atoms in total. The summed E-state index contributed by atoms with van der Waals surface area (Å²) < 4.78 is 11.4. The van der Waals surface area contributed by atoms with Gasteiger partial charge in [-0.15, -0.1) is 0 Å². The Balaban J connectivity index is 1.88. The van der Waals surface area contributed by atoms with Crippen LogP contribution in [0.3, 0.4) is 0 Å². The lowest BCUT2D eigenvalue weighted by atomic mass is 10.1. The van der Waals surface area contributed by atoms with Gasteiger partial charge in [0.05, 0.1) is 12.1 Å². The summed E-state index contributed by atoms with van der Waals surface area (Å²) in [6.07, 6.45) is 2.84. The number of halogens is 1. The average molecular weight is 368 g/mol. The third-order valence-corrected chi connectivity index (χ3v) is 4.22. The number of carbonyl (C=O) groups excluding carboxylic acids is 1. The third-order valence-electron chi connectivity index (χ3n) is 3.94. The van der Waals surface area contributed by atoms with Crippen molar-refractivity contribution in [2.45, 2.75) is 6.61 Å². The van der Waals surface area contributed by atoms with Crippen molar-refractivity contribution in [1.82, 2.24) is 0 Å². The van der Waals surface area contributed by atoms with Crippen LogP contribution in [0.25, 0.3) is 16.8 Å². The maximum Gasteiger partial charge on any atom is 0.241 e. The number of rotatable bonds is 6. The molecule has 0 saturated heterocycles.